The van der Waals surface area contributed by atoms with E-state index in [2.05, 4.69) is 5.32 Å². The van der Waals surface area contributed by atoms with Gasteiger partial charge in [0, 0.05) is 18.8 Å². The third-order valence-electron chi connectivity index (χ3n) is 3.50. The van der Waals surface area contributed by atoms with Gasteiger partial charge >= 0.3 is 5.97 Å². The van der Waals surface area contributed by atoms with Crippen LogP contribution in [0.3, 0.4) is 0 Å². The number of allylic oxidation sites excluding steroid dienone is 1. The quantitative estimate of drug-likeness (QED) is 0.679. The summed E-state index contributed by atoms with van der Waals surface area (Å²) in [5, 5.41) is 3.00. The average Bonchev–Trinajstić information content (AvgIpc) is 2.72. The molecule has 0 unspecified atom stereocenters. The number of carbonyl (C=O) groups is 1. The molecular formula is C17H21N3O3. The van der Waals surface area contributed by atoms with Crippen molar-refractivity contribution in [2.75, 3.05) is 11.9 Å². The minimum Gasteiger partial charge on any atom is -0.463 e. The molecule has 0 aliphatic heterocycles. The normalized spacial score (nSPS) is 11.4. The van der Waals surface area contributed by atoms with Gasteiger partial charge in [0.2, 0.25) is 0 Å². The molecule has 0 radical (unpaired) electrons. The molecular weight excluding hydrogens is 294 g/mol. The first kappa shape index (κ1) is 16.6. The minimum absolute atomic E-state index is 0.173. The molecule has 122 valence electrons. The third kappa shape index (κ3) is 3.53. The zero-order valence-electron chi connectivity index (χ0n) is 13.8. The molecule has 2 rings (SSSR count). The van der Waals surface area contributed by atoms with Crippen LogP contribution in [0, 0.1) is 6.92 Å². The van der Waals surface area contributed by atoms with Gasteiger partial charge < -0.3 is 10.1 Å². The van der Waals surface area contributed by atoms with E-state index in [1.54, 1.807) is 23.2 Å². The molecule has 2 aromatic rings. The molecule has 1 N–H and O–H groups in total. The van der Waals surface area contributed by atoms with Crippen LogP contribution < -0.4 is 10.9 Å². The Hall–Kier alpha value is -2.76. The van der Waals surface area contributed by atoms with Gasteiger partial charge in [0.1, 0.15) is 5.69 Å². The lowest BCUT2D eigenvalue weighted by molar-refractivity contribution is -0.137. The van der Waals surface area contributed by atoms with Gasteiger partial charge in [-0.1, -0.05) is 18.2 Å². The van der Waals surface area contributed by atoms with Gasteiger partial charge in [-0.25, -0.2) is 9.48 Å². The van der Waals surface area contributed by atoms with Gasteiger partial charge in [0.15, 0.2) is 0 Å². The van der Waals surface area contributed by atoms with E-state index in [1.165, 1.54) is 6.08 Å². The van der Waals surface area contributed by atoms with Crippen molar-refractivity contribution in [2.45, 2.75) is 20.8 Å². The van der Waals surface area contributed by atoms with Crippen molar-refractivity contribution in [1.29, 1.82) is 0 Å². The van der Waals surface area contributed by atoms with Crippen LogP contribution in [0.2, 0.25) is 0 Å². The van der Waals surface area contributed by atoms with Crippen LogP contribution in [0.4, 0.5) is 5.69 Å². The lowest BCUT2D eigenvalue weighted by atomic mass is 10.3. The lowest BCUT2D eigenvalue weighted by Crippen LogP contribution is -2.20. The number of benzene rings is 1. The molecule has 23 heavy (non-hydrogen) atoms. The van der Waals surface area contributed by atoms with Gasteiger partial charge in [-0.2, -0.15) is 0 Å². The molecule has 1 heterocycles. The first-order valence-corrected chi connectivity index (χ1v) is 7.41. The number of anilines is 1. The Kier molecular flexibility index (Phi) is 5.05. The molecule has 0 spiro atoms. The van der Waals surface area contributed by atoms with E-state index in [1.807, 2.05) is 44.3 Å². The molecule has 0 aliphatic carbocycles. The van der Waals surface area contributed by atoms with Crippen LogP contribution in [0.5, 0.6) is 0 Å². The lowest BCUT2D eigenvalue weighted by Gasteiger charge is -2.07. The second-order valence-electron chi connectivity index (χ2n) is 5.14. The van der Waals surface area contributed by atoms with Crippen molar-refractivity contribution < 1.29 is 9.53 Å². The largest absolute Gasteiger partial charge is 0.463 e. The molecule has 1 aromatic heterocycles. The Morgan fingerprint density at radius 1 is 1.30 bits per heavy atom. The minimum atomic E-state index is -0.436. The van der Waals surface area contributed by atoms with Crippen LogP contribution in [0.1, 0.15) is 19.5 Å². The smallest absolute Gasteiger partial charge is 0.332 e. The number of hydrogen-bond donors (Lipinski definition) is 1. The number of ether oxygens (including phenoxy) is 1. The maximum atomic E-state index is 12.7. The highest BCUT2D eigenvalue weighted by molar-refractivity contribution is 5.83. The van der Waals surface area contributed by atoms with Crippen LogP contribution in [0.25, 0.3) is 5.69 Å². The van der Waals surface area contributed by atoms with Crippen molar-refractivity contribution >= 4 is 11.7 Å². The maximum Gasteiger partial charge on any atom is 0.332 e. The number of esters is 1. The fourth-order valence-electron chi connectivity index (χ4n) is 2.31. The van der Waals surface area contributed by atoms with Gasteiger partial charge in [-0.15, -0.1) is 0 Å². The Morgan fingerprint density at radius 2 is 1.96 bits per heavy atom. The van der Waals surface area contributed by atoms with E-state index in [0.29, 0.717) is 18.0 Å². The second kappa shape index (κ2) is 7.00. The summed E-state index contributed by atoms with van der Waals surface area (Å²) < 4.78 is 8.22. The highest BCUT2D eigenvalue weighted by Gasteiger charge is 2.16. The summed E-state index contributed by atoms with van der Waals surface area (Å²) in [4.78, 5) is 24.2. The summed E-state index contributed by atoms with van der Waals surface area (Å²) in [5.41, 5.74) is 2.37. The highest BCUT2D eigenvalue weighted by atomic mass is 16.5. The van der Waals surface area contributed by atoms with E-state index < -0.39 is 5.97 Å². The van der Waals surface area contributed by atoms with E-state index in [4.69, 9.17) is 4.74 Å². The number of carbonyl (C=O) groups excluding carboxylic acids is 1. The Bertz CT molecular complexity index is 785. The Balaban J connectivity index is 2.39. The average molecular weight is 315 g/mol. The summed E-state index contributed by atoms with van der Waals surface area (Å²) in [6.07, 6.45) is 1.34. The number of rotatable bonds is 5. The van der Waals surface area contributed by atoms with Gasteiger partial charge in [-0.3, -0.25) is 9.48 Å². The van der Waals surface area contributed by atoms with Crippen LogP contribution in [0.15, 0.2) is 46.9 Å². The number of hydrogen-bond acceptors (Lipinski definition) is 4. The molecule has 0 atom stereocenters. The molecule has 0 amide bonds. The molecule has 0 bridgehead atoms. The fourth-order valence-corrected chi connectivity index (χ4v) is 2.31. The molecule has 6 nitrogen and oxygen atoms in total. The summed E-state index contributed by atoms with van der Waals surface area (Å²) in [6, 6.07) is 9.39. The second-order valence-corrected chi connectivity index (χ2v) is 5.14. The third-order valence-corrected chi connectivity index (χ3v) is 3.50. The summed E-state index contributed by atoms with van der Waals surface area (Å²) in [6.45, 7) is 5.62. The van der Waals surface area contributed by atoms with Gasteiger partial charge in [0.25, 0.3) is 5.56 Å². The number of nitrogens with zero attached hydrogens (tertiary/aromatic N) is 2. The monoisotopic (exact) mass is 315 g/mol. The Labute approximate surface area is 135 Å². The number of nitrogens with one attached hydrogen (secondary N) is 1. The highest BCUT2D eigenvalue weighted by Crippen LogP contribution is 2.15. The summed E-state index contributed by atoms with van der Waals surface area (Å²) >= 11 is 0. The van der Waals surface area contributed by atoms with E-state index in [0.717, 1.165) is 11.4 Å². The van der Waals surface area contributed by atoms with Crippen LogP contribution >= 0.6 is 0 Å². The summed E-state index contributed by atoms with van der Waals surface area (Å²) in [5.74, 6) is -0.436. The number of para-hydroxylation sites is 1. The first-order valence-electron chi connectivity index (χ1n) is 7.41. The predicted octanol–water partition coefficient (Wildman–Crippen LogP) is 2.36. The summed E-state index contributed by atoms with van der Waals surface area (Å²) in [7, 11) is 1.82. The van der Waals surface area contributed by atoms with Crippen molar-refractivity contribution in [3.05, 3.63) is 58.2 Å². The van der Waals surface area contributed by atoms with Crippen LogP contribution in [-0.4, -0.2) is 21.9 Å². The van der Waals surface area contributed by atoms with Crippen LogP contribution in [-0.2, 0) is 16.6 Å². The molecule has 0 saturated carbocycles. The van der Waals surface area contributed by atoms with Crippen molar-refractivity contribution in [2.24, 2.45) is 7.05 Å². The Morgan fingerprint density at radius 3 is 2.57 bits per heavy atom. The van der Waals surface area contributed by atoms with E-state index in [9.17, 15) is 9.59 Å². The van der Waals surface area contributed by atoms with Gasteiger partial charge in [0.05, 0.1) is 18.0 Å². The zero-order valence-corrected chi connectivity index (χ0v) is 13.8. The molecule has 6 heteroatoms. The molecule has 1 aromatic carbocycles. The maximum absolute atomic E-state index is 12.7. The SMILES string of the molecule is CCOC(=O)/C=C(\C)Nc1c(C)n(C)n(-c2ccccc2)c1=O. The van der Waals surface area contributed by atoms with Crippen molar-refractivity contribution in [1.82, 2.24) is 9.36 Å². The number of aromatic nitrogens is 2. The molecule has 0 fully saturated rings. The zero-order chi connectivity index (χ0) is 17.0. The topological polar surface area (TPSA) is 65.3 Å². The fraction of sp³-hybridized carbons (Fsp3) is 0.294. The predicted molar refractivity (Wildman–Crippen MR) is 89.8 cm³/mol. The van der Waals surface area contributed by atoms with Crippen molar-refractivity contribution in [3.8, 4) is 5.69 Å². The first-order chi connectivity index (χ1) is 11.0. The van der Waals surface area contributed by atoms with E-state index in [-0.39, 0.29) is 5.56 Å². The molecule has 0 saturated heterocycles. The van der Waals surface area contributed by atoms with Crippen molar-refractivity contribution in [3.63, 3.8) is 0 Å². The van der Waals surface area contributed by atoms with E-state index >= 15 is 0 Å². The standard InChI is InChI=1S/C17H21N3O3/c1-5-23-15(21)11-12(2)18-16-13(3)19(4)20(17(16)22)14-9-7-6-8-10-14/h6-11,18H,5H2,1-4H3/b12-11+. The van der Waals surface area contributed by atoms with Gasteiger partial charge in [-0.05, 0) is 32.9 Å². The molecule has 0 aliphatic rings.